The van der Waals surface area contributed by atoms with E-state index in [1.165, 1.54) is 6.42 Å². The van der Waals surface area contributed by atoms with Crippen molar-refractivity contribution >= 4 is 27.5 Å². The van der Waals surface area contributed by atoms with Crippen molar-refractivity contribution < 1.29 is 9.53 Å². The van der Waals surface area contributed by atoms with Crippen LogP contribution < -0.4 is 10.2 Å². The standard InChI is InChI=1S/C15H19BrN2O2/c1-11-4-2-6-13(8-11)17-18-15(19)10-20-14-7-3-5-12(16)9-14/h3,5,7,9,11H,2,4,6,8,10H2,1H3,(H,18,19)/b17-13-/t11-/m0/s1. The Kier molecular flexibility index (Phi) is 5.59. The van der Waals surface area contributed by atoms with Crippen molar-refractivity contribution in [3.05, 3.63) is 28.7 Å². The van der Waals surface area contributed by atoms with Crippen LogP contribution in [0.2, 0.25) is 0 Å². The third kappa shape index (κ3) is 4.96. The number of amides is 1. The zero-order valence-corrected chi connectivity index (χ0v) is 13.1. The third-order valence-corrected chi connectivity index (χ3v) is 3.74. The molecule has 5 heteroatoms. The molecular weight excluding hydrogens is 320 g/mol. The van der Waals surface area contributed by atoms with Gasteiger partial charge in [0.05, 0.1) is 0 Å². The number of ether oxygens (including phenoxy) is 1. The Morgan fingerprint density at radius 2 is 2.40 bits per heavy atom. The molecule has 0 bridgehead atoms. The Morgan fingerprint density at radius 1 is 1.55 bits per heavy atom. The molecule has 1 aromatic carbocycles. The first-order chi connectivity index (χ1) is 9.63. The average molecular weight is 339 g/mol. The van der Waals surface area contributed by atoms with E-state index in [0.717, 1.165) is 29.4 Å². The maximum Gasteiger partial charge on any atom is 0.277 e. The summed E-state index contributed by atoms with van der Waals surface area (Å²) in [5.74, 6) is 1.10. The van der Waals surface area contributed by atoms with E-state index >= 15 is 0 Å². The van der Waals surface area contributed by atoms with Crippen LogP contribution in [-0.4, -0.2) is 18.2 Å². The molecule has 0 spiro atoms. The van der Waals surface area contributed by atoms with Crippen LogP contribution in [0.25, 0.3) is 0 Å². The zero-order chi connectivity index (χ0) is 14.4. The first kappa shape index (κ1) is 15.0. The smallest absolute Gasteiger partial charge is 0.277 e. The van der Waals surface area contributed by atoms with Crippen LogP contribution in [0, 0.1) is 5.92 Å². The lowest BCUT2D eigenvalue weighted by Gasteiger charge is -2.18. The van der Waals surface area contributed by atoms with E-state index in [2.05, 4.69) is 33.4 Å². The molecule has 0 radical (unpaired) electrons. The highest BCUT2D eigenvalue weighted by Gasteiger charge is 2.14. The van der Waals surface area contributed by atoms with Crippen LogP contribution in [-0.2, 0) is 4.79 Å². The molecule has 0 saturated heterocycles. The molecule has 1 amide bonds. The molecule has 1 fully saturated rings. The second-order valence-electron chi connectivity index (χ2n) is 5.16. The Bertz CT molecular complexity index is 502. The number of nitrogens with one attached hydrogen (secondary N) is 1. The Morgan fingerprint density at radius 3 is 3.15 bits per heavy atom. The molecule has 0 unspecified atom stereocenters. The fourth-order valence-electron chi connectivity index (χ4n) is 2.24. The number of nitrogens with zero attached hydrogens (tertiary/aromatic N) is 1. The monoisotopic (exact) mass is 338 g/mol. The first-order valence-electron chi connectivity index (χ1n) is 6.86. The van der Waals surface area contributed by atoms with Crippen molar-refractivity contribution in [1.82, 2.24) is 5.43 Å². The number of benzene rings is 1. The van der Waals surface area contributed by atoms with Gasteiger partial charge in [-0.15, -0.1) is 0 Å². The molecule has 0 heterocycles. The molecule has 1 aromatic rings. The largest absolute Gasteiger partial charge is 0.484 e. The van der Waals surface area contributed by atoms with Crippen LogP contribution in [0.15, 0.2) is 33.8 Å². The van der Waals surface area contributed by atoms with Gasteiger partial charge in [-0.1, -0.05) is 28.9 Å². The molecule has 2 rings (SSSR count). The summed E-state index contributed by atoms with van der Waals surface area (Å²) in [5.41, 5.74) is 3.65. The number of hydrazone groups is 1. The van der Waals surface area contributed by atoms with Gasteiger partial charge < -0.3 is 4.74 Å². The summed E-state index contributed by atoms with van der Waals surface area (Å²) in [6.45, 7) is 2.19. The Hall–Kier alpha value is -1.36. The minimum absolute atomic E-state index is 0.0250. The lowest BCUT2D eigenvalue weighted by atomic mass is 9.89. The van der Waals surface area contributed by atoms with E-state index in [-0.39, 0.29) is 12.5 Å². The maximum absolute atomic E-state index is 11.7. The van der Waals surface area contributed by atoms with Crippen LogP contribution >= 0.6 is 15.9 Å². The van der Waals surface area contributed by atoms with Gasteiger partial charge >= 0.3 is 0 Å². The summed E-state index contributed by atoms with van der Waals surface area (Å²) < 4.78 is 6.32. The van der Waals surface area contributed by atoms with E-state index in [4.69, 9.17) is 4.74 Å². The maximum atomic E-state index is 11.7. The van der Waals surface area contributed by atoms with Crippen LogP contribution in [0.3, 0.4) is 0 Å². The van der Waals surface area contributed by atoms with Crippen molar-refractivity contribution in [1.29, 1.82) is 0 Å². The molecule has 20 heavy (non-hydrogen) atoms. The molecule has 1 aliphatic rings. The highest BCUT2D eigenvalue weighted by molar-refractivity contribution is 9.10. The van der Waals surface area contributed by atoms with E-state index < -0.39 is 0 Å². The Labute approximate surface area is 127 Å². The highest BCUT2D eigenvalue weighted by atomic mass is 79.9. The third-order valence-electron chi connectivity index (χ3n) is 3.25. The number of carbonyl (C=O) groups is 1. The van der Waals surface area contributed by atoms with Gasteiger partial charge in [-0.05, 0) is 49.8 Å². The molecule has 1 aliphatic carbocycles. The summed E-state index contributed by atoms with van der Waals surface area (Å²) >= 11 is 3.36. The quantitative estimate of drug-likeness (QED) is 0.854. The summed E-state index contributed by atoms with van der Waals surface area (Å²) in [6.07, 6.45) is 4.37. The topological polar surface area (TPSA) is 50.7 Å². The molecule has 1 N–H and O–H groups in total. The summed E-state index contributed by atoms with van der Waals surface area (Å²) in [7, 11) is 0. The number of hydrogen-bond acceptors (Lipinski definition) is 3. The minimum atomic E-state index is -0.226. The molecule has 108 valence electrons. The lowest BCUT2D eigenvalue weighted by molar-refractivity contribution is -0.123. The van der Waals surface area contributed by atoms with Gasteiger partial charge in [-0.2, -0.15) is 5.10 Å². The van der Waals surface area contributed by atoms with Crippen molar-refractivity contribution in [2.24, 2.45) is 11.0 Å². The van der Waals surface area contributed by atoms with E-state index in [9.17, 15) is 4.79 Å². The predicted octanol–water partition coefficient (Wildman–Crippen LogP) is 3.51. The number of hydrogen-bond donors (Lipinski definition) is 1. The fraction of sp³-hybridized carbons (Fsp3) is 0.467. The number of rotatable bonds is 4. The fourth-order valence-corrected chi connectivity index (χ4v) is 2.62. The van der Waals surface area contributed by atoms with Crippen LogP contribution in [0.5, 0.6) is 5.75 Å². The first-order valence-corrected chi connectivity index (χ1v) is 7.65. The molecule has 1 atom stereocenters. The molecular formula is C15H19BrN2O2. The van der Waals surface area contributed by atoms with Crippen molar-refractivity contribution in [2.75, 3.05) is 6.61 Å². The predicted molar refractivity (Wildman–Crippen MR) is 82.8 cm³/mol. The van der Waals surface area contributed by atoms with Gasteiger partial charge in [-0.25, -0.2) is 5.43 Å². The molecule has 4 nitrogen and oxygen atoms in total. The summed E-state index contributed by atoms with van der Waals surface area (Å²) in [5, 5.41) is 4.19. The van der Waals surface area contributed by atoms with Crippen molar-refractivity contribution in [2.45, 2.75) is 32.6 Å². The average Bonchev–Trinajstić information content (AvgIpc) is 2.43. The van der Waals surface area contributed by atoms with Gasteiger partial charge in [0.2, 0.25) is 0 Å². The number of halogens is 1. The van der Waals surface area contributed by atoms with E-state index in [0.29, 0.717) is 11.7 Å². The number of carbonyl (C=O) groups excluding carboxylic acids is 1. The van der Waals surface area contributed by atoms with Gasteiger partial charge in [-0.3, -0.25) is 4.79 Å². The van der Waals surface area contributed by atoms with Gasteiger partial charge in [0.15, 0.2) is 6.61 Å². The SMILES string of the molecule is C[C@H]1CCC/C(=N/NC(=O)COc2cccc(Br)c2)C1. The highest BCUT2D eigenvalue weighted by Crippen LogP contribution is 2.21. The second-order valence-corrected chi connectivity index (χ2v) is 6.08. The van der Waals surface area contributed by atoms with Crippen LogP contribution in [0.4, 0.5) is 0 Å². The van der Waals surface area contributed by atoms with Crippen LogP contribution in [0.1, 0.15) is 32.6 Å². The van der Waals surface area contributed by atoms with Gasteiger partial charge in [0.25, 0.3) is 5.91 Å². The summed E-state index contributed by atoms with van der Waals surface area (Å²) in [4.78, 5) is 11.7. The van der Waals surface area contributed by atoms with E-state index in [1.54, 1.807) is 0 Å². The van der Waals surface area contributed by atoms with Crippen molar-refractivity contribution in [3.8, 4) is 5.75 Å². The van der Waals surface area contributed by atoms with Crippen molar-refractivity contribution in [3.63, 3.8) is 0 Å². The summed E-state index contributed by atoms with van der Waals surface area (Å²) in [6, 6.07) is 7.40. The van der Waals surface area contributed by atoms with E-state index in [1.807, 2.05) is 24.3 Å². The lowest BCUT2D eigenvalue weighted by Crippen LogP contribution is -2.27. The molecule has 1 saturated carbocycles. The Balaban J connectivity index is 1.76. The molecule has 0 aromatic heterocycles. The minimum Gasteiger partial charge on any atom is -0.484 e. The second kappa shape index (κ2) is 7.43. The molecule has 0 aliphatic heterocycles. The zero-order valence-electron chi connectivity index (χ0n) is 11.6. The van der Waals surface area contributed by atoms with Gasteiger partial charge in [0, 0.05) is 10.2 Å². The van der Waals surface area contributed by atoms with Gasteiger partial charge in [0.1, 0.15) is 5.75 Å². The normalized spacial score (nSPS) is 20.7.